The number of nitrogens with one attached hydrogen (secondary N) is 1. The van der Waals surface area contributed by atoms with Crippen molar-refractivity contribution in [1.82, 2.24) is 4.90 Å². The molecule has 1 aliphatic heterocycles. The topological polar surface area (TPSA) is 52.7 Å². The summed E-state index contributed by atoms with van der Waals surface area (Å²) in [6.45, 7) is 4.27. The van der Waals surface area contributed by atoms with Crippen LogP contribution in [0.15, 0.2) is 48.5 Å². The molecule has 0 bridgehead atoms. The van der Waals surface area contributed by atoms with Crippen LogP contribution >= 0.6 is 11.6 Å². The molecule has 1 heterocycles. The summed E-state index contributed by atoms with van der Waals surface area (Å²) in [5, 5.41) is 3.22. The highest BCUT2D eigenvalue weighted by molar-refractivity contribution is 6.40. The van der Waals surface area contributed by atoms with Crippen molar-refractivity contribution in [2.75, 3.05) is 36.4 Å². The average Bonchev–Trinajstić information content (AvgIpc) is 2.65. The number of nitrogens with zero attached hydrogens (tertiary/aromatic N) is 2. The molecule has 2 amide bonds. The minimum absolute atomic E-state index is 0.507. The van der Waals surface area contributed by atoms with E-state index < -0.39 is 11.8 Å². The summed E-state index contributed by atoms with van der Waals surface area (Å²) in [7, 11) is 0. The van der Waals surface area contributed by atoms with Crippen molar-refractivity contribution >= 4 is 34.8 Å². The van der Waals surface area contributed by atoms with Crippen LogP contribution in [0.1, 0.15) is 5.56 Å². The third-order valence-corrected chi connectivity index (χ3v) is 4.81. The standard InChI is InChI=1S/C19H20ClN3O2/c1-14-16(20)8-5-9-17(14)21-18(24)19(25)23-12-10-22(11-13-23)15-6-3-2-4-7-15/h2-9H,10-13H2,1H3,(H,21,24). The maximum Gasteiger partial charge on any atom is 0.313 e. The zero-order valence-corrected chi connectivity index (χ0v) is 14.8. The van der Waals surface area contributed by atoms with E-state index in [9.17, 15) is 9.59 Å². The van der Waals surface area contributed by atoms with Crippen molar-refractivity contribution in [3.63, 3.8) is 0 Å². The molecule has 0 radical (unpaired) electrons. The van der Waals surface area contributed by atoms with E-state index in [-0.39, 0.29) is 0 Å². The van der Waals surface area contributed by atoms with E-state index in [4.69, 9.17) is 11.6 Å². The van der Waals surface area contributed by atoms with Gasteiger partial charge in [-0.3, -0.25) is 9.59 Å². The zero-order chi connectivity index (χ0) is 17.8. The fourth-order valence-electron chi connectivity index (χ4n) is 2.87. The Kier molecular flexibility index (Phi) is 5.24. The van der Waals surface area contributed by atoms with Gasteiger partial charge in [-0.1, -0.05) is 35.9 Å². The minimum Gasteiger partial charge on any atom is -0.368 e. The number of amides is 2. The van der Waals surface area contributed by atoms with Crippen molar-refractivity contribution in [2.45, 2.75) is 6.92 Å². The second-order valence-corrected chi connectivity index (χ2v) is 6.39. The number of hydrogen-bond acceptors (Lipinski definition) is 3. The molecule has 2 aromatic rings. The van der Waals surface area contributed by atoms with Crippen molar-refractivity contribution in [3.05, 3.63) is 59.1 Å². The third kappa shape index (κ3) is 3.94. The first-order valence-corrected chi connectivity index (χ1v) is 8.59. The van der Waals surface area contributed by atoms with E-state index in [2.05, 4.69) is 10.2 Å². The summed E-state index contributed by atoms with van der Waals surface area (Å²) in [6, 6.07) is 15.3. The highest BCUT2D eigenvalue weighted by Crippen LogP contribution is 2.23. The molecule has 0 spiro atoms. The van der Waals surface area contributed by atoms with Crippen LogP contribution in [0.5, 0.6) is 0 Å². The van der Waals surface area contributed by atoms with Crippen LogP contribution in [0.4, 0.5) is 11.4 Å². The van der Waals surface area contributed by atoms with Gasteiger partial charge in [0.25, 0.3) is 0 Å². The minimum atomic E-state index is -0.626. The number of hydrogen-bond donors (Lipinski definition) is 1. The number of anilines is 2. The van der Waals surface area contributed by atoms with E-state index in [1.165, 1.54) is 0 Å². The van der Waals surface area contributed by atoms with Crippen LogP contribution in [0.25, 0.3) is 0 Å². The van der Waals surface area contributed by atoms with Gasteiger partial charge < -0.3 is 15.1 Å². The number of rotatable bonds is 2. The number of piperazine rings is 1. The van der Waals surface area contributed by atoms with Gasteiger partial charge in [0.2, 0.25) is 0 Å². The quantitative estimate of drug-likeness (QED) is 0.841. The Morgan fingerprint density at radius 1 is 0.960 bits per heavy atom. The Balaban J connectivity index is 1.59. The van der Waals surface area contributed by atoms with Gasteiger partial charge in [0, 0.05) is 42.6 Å². The van der Waals surface area contributed by atoms with E-state index in [0.29, 0.717) is 36.9 Å². The molecule has 0 aliphatic carbocycles. The Morgan fingerprint density at radius 2 is 1.64 bits per heavy atom. The van der Waals surface area contributed by atoms with Crippen LogP contribution in [-0.2, 0) is 9.59 Å². The van der Waals surface area contributed by atoms with Crippen LogP contribution in [0.2, 0.25) is 5.02 Å². The Morgan fingerprint density at radius 3 is 2.32 bits per heavy atom. The first-order valence-electron chi connectivity index (χ1n) is 8.21. The van der Waals surface area contributed by atoms with Gasteiger partial charge in [0.05, 0.1) is 0 Å². The highest BCUT2D eigenvalue weighted by atomic mass is 35.5. The number of carbonyl (C=O) groups is 2. The first kappa shape index (κ1) is 17.3. The molecule has 6 heteroatoms. The maximum atomic E-state index is 12.4. The van der Waals surface area contributed by atoms with Crippen LogP contribution in [0.3, 0.4) is 0 Å². The van der Waals surface area contributed by atoms with Gasteiger partial charge in [-0.2, -0.15) is 0 Å². The molecular formula is C19H20ClN3O2. The molecule has 3 rings (SSSR count). The smallest absolute Gasteiger partial charge is 0.313 e. The van der Waals surface area contributed by atoms with Gasteiger partial charge in [-0.25, -0.2) is 0 Å². The van der Waals surface area contributed by atoms with Crippen LogP contribution < -0.4 is 10.2 Å². The van der Waals surface area contributed by atoms with Gasteiger partial charge in [0.1, 0.15) is 0 Å². The second kappa shape index (κ2) is 7.57. The predicted octanol–water partition coefficient (Wildman–Crippen LogP) is 2.94. The summed E-state index contributed by atoms with van der Waals surface area (Å²) in [6.07, 6.45) is 0. The summed E-state index contributed by atoms with van der Waals surface area (Å²) in [4.78, 5) is 28.5. The van der Waals surface area contributed by atoms with Gasteiger partial charge in [0.15, 0.2) is 0 Å². The van der Waals surface area contributed by atoms with E-state index in [1.54, 1.807) is 30.0 Å². The lowest BCUT2D eigenvalue weighted by Gasteiger charge is -2.35. The molecule has 1 fully saturated rings. The molecule has 0 unspecified atom stereocenters. The van der Waals surface area contributed by atoms with Crippen molar-refractivity contribution in [2.24, 2.45) is 0 Å². The second-order valence-electron chi connectivity index (χ2n) is 5.98. The largest absolute Gasteiger partial charge is 0.368 e. The molecule has 0 saturated carbocycles. The van der Waals surface area contributed by atoms with Gasteiger partial charge >= 0.3 is 11.8 Å². The molecule has 5 nitrogen and oxygen atoms in total. The molecule has 2 aromatic carbocycles. The lowest BCUT2D eigenvalue weighted by atomic mass is 10.2. The van der Waals surface area contributed by atoms with Gasteiger partial charge in [-0.15, -0.1) is 0 Å². The Labute approximate surface area is 152 Å². The van der Waals surface area contributed by atoms with Crippen molar-refractivity contribution in [1.29, 1.82) is 0 Å². The molecule has 25 heavy (non-hydrogen) atoms. The highest BCUT2D eigenvalue weighted by Gasteiger charge is 2.26. The Hall–Kier alpha value is -2.53. The SMILES string of the molecule is Cc1c(Cl)cccc1NC(=O)C(=O)N1CCN(c2ccccc2)CC1. The molecular weight excluding hydrogens is 338 g/mol. The van der Waals surface area contributed by atoms with E-state index in [1.807, 2.05) is 30.3 Å². The first-order chi connectivity index (χ1) is 12.1. The van der Waals surface area contributed by atoms with Crippen LogP contribution in [-0.4, -0.2) is 42.9 Å². The molecule has 1 N–H and O–H groups in total. The summed E-state index contributed by atoms with van der Waals surface area (Å²) >= 11 is 6.05. The monoisotopic (exact) mass is 357 g/mol. The number of para-hydroxylation sites is 1. The number of carbonyl (C=O) groups excluding carboxylic acids is 2. The lowest BCUT2D eigenvalue weighted by Crippen LogP contribution is -2.51. The molecule has 0 atom stereocenters. The molecule has 1 saturated heterocycles. The fourth-order valence-corrected chi connectivity index (χ4v) is 3.04. The fraction of sp³-hybridized carbons (Fsp3) is 0.263. The number of benzene rings is 2. The maximum absolute atomic E-state index is 12.4. The average molecular weight is 358 g/mol. The third-order valence-electron chi connectivity index (χ3n) is 4.40. The Bertz CT molecular complexity index is 771. The zero-order valence-electron chi connectivity index (χ0n) is 14.0. The van der Waals surface area contributed by atoms with E-state index >= 15 is 0 Å². The molecule has 130 valence electrons. The van der Waals surface area contributed by atoms with E-state index in [0.717, 1.165) is 11.3 Å². The molecule has 0 aromatic heterocycles. The van der Waals surface area contributed by atoms with Crippen molar-refractivity contribution in [3.8, 4) is 0 Å². The number of halogens is 1. The summed E-state index contributed by atoms with van der Waals surface area (Å²) in [5.41, 5.74) is 2.45. The summed E-state index contributed by atoms with van der Waals surface area (Å²) < 4.78 is 0. The van der Waals surface area contributed by atoms with Crippen molar-refractivity contribution < 1.29 is 9.59 Å². The predicted molar refractivity (Wildman–Crippen MR) is 100 cm³/mol. The normalized spacial score (nSPS) is 14.3. The summed E-state index contributed by atoms with van der Waals surface area (Å²) in [5.74, 6) is -1.13. The van der Waals surface area contributed by atoms with Crippen LogP contribution in [0, 0.1) is 6.92 Å². The van der Waals surface area contributed by atoms with Gasteiger partial charge in [-0.05, 0) is 36.8 Å². The lowest BCUT2D eigenvalue weighted by molar-refractivity contribution is -0.143. The molecule has 1 aliphatic rings.